The van der Waals surface area contributed by atoms with Gasteiger partial charge in [-0.05, 0) is 44.0 Å². The molecule has 7 heteroatoms. The third kappa shape index (κ3) is 3.10. The highest BCUT2D eigenvalue weighted by atomic mass is 32.2. The predicted octanol–water partition coefficient (Wildman–Crippen LogP) is 1.30. The van der Waals surface area contributed by atoms with Gasteiger partial charge in [-0.3, -0.25) is 4.72 Å². The number of rotatable bonds is 4. The zero-order chi connectivity index (χ0) is 14.0. The van der Waals surface area contributed by atoms with Gasteiger partial charge in [-0.25, -0.2) is 13.4 Å². The summed E-state index contributed by atoms with van der Waals surface area (Å²) < 4.78 is 26.8. The standard InChI is InChI=1S/C13H18N4O2S/c18-20(19,9-10-4-3-7-14-8-10)17-13-15-11-5-1-2-6-12(11)16-13/h1-2,5-6,10,14H,3-4,7-9H2,(H2,15,16,17). The zero-order valence-electron chi connectivity index (χ0n) is 11.1. The number of sulfonamides is 1. The van der Waals surface area contributed by atoms with E-state index in [2.05, 4.69) is 20.0 Å². The number of fused-ring (bicyclic) bond motifs is 1. The molecule has 1 atom stereocenters. The van der Waals surface area contributed by atoms with Crippen molar-refractivity contribution in [3.63, 3.8) is 0 Å². The smallest absolute Gasteiger partial charge is 0.235 e. The van der Waals surface area contributed by atoms with Crippen molar-refractivity contribution in [2.24, 2.45) is 5.92 Å². The van der Waals surface area contributed by atoms with Crippen LogP contribution in [0.1, 0.15) is 12.8 Å². The molecular formula is C13H18N4O2S. The Kier molecular flexibility index (Phi) is 3.62. The van der Waals surface area contributed by atoms with Crippen molar-refractivity contribution in [3.8, 4) is 0 Å². The maximum atomic E-state index is 12.1. The van der Waals surface area contributed by atoms with Gasteiger partial charge in [0.2, 0.25) is 16.0 Å². The van der Waals surface area contributed by atoms with Crippen LogP contribution in [0.5, 0.6) is 0 Å². The summed E-state index contributed by atoms with van der Waals surface area (Å²) in [6.45, 7) is 1.74. The maximum Gasteiger partial charge on any atom is 0.235 e. The first-order valence-electron chi connectivity index (χ1n) is 6.78. The summed E-state index contributed by atoms with van der Waals surface area (Å²) in [5.41, 5.74) is 1.58. The summed E-state index contributed by atoms with van der Waals surface area (Å²) in [6, 6.07) is 7.46. The number of anilines is 1. The third-order valence-corrected chi connectivity index (χ3v) is 4.91. The zero-order valence-corrected chi connectivity index (χ0v) is 11.9. The lowest BCUT2D eigenvalue weighted by atomic mass is 10.0. The summed E-state index contributed by atoms with van der Waals surface area (Å²) in [7, 11) is -3.37. The maximum absolute atomic E-state index is 12.1. The van der Waals surface area contributed by atoms with Gasteiger partial charge in [-0.2, -0.15) is 0 Å². The van der Waals surface area contributed by atoms with Gasteiger partial charge in [0.05, 0.1) is 16.8 Å². The van der Waals surface area contributed by atoms with E-state index in [-0.39, 0.29) is 17.6 Å². The summed E-state index contributed by atoms with van der Waals surface area (Å²) in [4.78, 5) is 7.20. The van der Waals surface area contributed by atoms with Crippen molar-refractivity contribution in [2.45, 2.75) is 12.8 Å². The molecule has 3 N–H and O–H groups in total. The van der Waals surface area contributed by atoms with E-state index in [4.69, 9.17) is 0 Å². The Morgan fingerprint density at radius 2 is 2.20 bits per heavy atom. The molecule has 0 bridgehead atoms. The first kappa shape index (κ1) is 13.4. The van der Waals surface area contributed by atoms with Crippen LogP contribution >= 0.6 is 0 Å². The molecule has 1 saturated heterocycles. The monoisotopic (exact) mass is 294 g/mol. The molecule has 0 spiro atoms. The minimum Gasteiger partial charge on any atom is -0.323 e. The van der Waals surface area contributed by atoms with E-state index < -0.39 is 10.0 Å². The number of benzene rings is 1. The first-order chi connectivity index (χ1) is 9.62. The summed E-state index contributed by atoms with van der Waals surface area (Å²) in [6.07, 6.45) is 1.98. The molecule has 1 fully saturated rings. The molecule has 3 rings (SSSR count). The second-order valence-corrected chi connectivity index (χ2v) is 6.97. The van der Waals surface area contributed by atoms with Gasteiger partial charge < -0.3 is 10.3 Å². The van der Waals surface area contributed by atoms with E-state index in [1.54, 1.807) is 0 Å². The largest absolute Gasteiger partial charge is 0.323 e. The van der Waals surface area contributed by atoms with Crippen molar-refractivity contribution in [1.29, 1.82) is 0 Å². The van der Waals surface area contributed by atoms with E-state index >= 15 is 0 Å². The quantitative estimate of drug-likeness (QED) is 0.793. The van der Waals surface area contributed by atoms with Gasteiger partial charge in [0.1, 0.15) is 0 Å². The Hall–Kier alpha value is -1.60. The van der Waals surface area contributed by atoms with Crippen LogP contribution < -0.4 is 10.0 Å². The molecule has 20 heavy (non-hydrogen) atoms. The number of piperidine rings is 1. The van der Waals surface area contributed by atoms with Crippen molar-refractivity contribution in [3.05, 3.63) is 24.3 Å². The molecule has 108 valence electrons. The van der Waals surface area contributed by atoms with Crippen LogP contribution in [0.3, 0.4) is 0 Å². The van der Waals surface area contributed by atoms with Crippen molar-refractivity contribution in [1.82, 2.24) is 15.3 Å². The lowest BCUT2D eigenvalue weighted by Crippen LogP contribution is -2.35. The highest BCUT2D eigenvalue weighted by Gasteiger charge is 2.22. The van der Waals surface area contributed by atoms with Crippen LogP contribution in [0.4, 0.5) is 5.95 Å². The number of aromatic nitrogens is 2. The Balaban J connectivity index is 1.71. The number of H-pyrrole nitrogens is 1. The number of aromatic amines is 1. The van der Waals surface area contributed by atoms with Crippen LogP contribution in [0.2, 0.25) is 0 Å². The van der Waals surface area contributed by atoms with E-state index in [9.17, 15) is 8.42 Å². The molecule has 2 aromatic rings. The van der Waals surface area contributed by atoms with Gasteiger partial charge in [-0.1, -0.05) is 12.1 Å². The number of nitrogens with one attached hydrogen (secondary N) is 3. The summed E-state index contributed by atoms with van der Waals surface area (Å²) in [5, 5.41) is 3.23. The van der Waals surface area contributed by atoms with Crippen LogP contribution in [0, 0.1) is 5.92 Å². The molecule has 1 aromatic heterocycles. The molecule has 2 heterocycles. The molecule has 1 aliphatic rings. The number of hydrogen-bond donors (Lipinski definition) is 3. The van der Waals surface area contributed by atoms with Gasteiger partial charge in [0.25, 0.3) is 0 Å². The van der Waals surface area contributed by atoms with E-state index in [0.717, 1.165) is 37.0 Å². The van der Waals surface area contributed by atoms with Crippen molar-refractivity contribution >= 4 is 27.0 Å². The number of hydrogen-bond acceptors (Lipinski definition) is 4. The van der Waals surface area contributed by atoms with Crippen LogP contribution in [-0.4, -0.2) is 37.2 Å². The molecule has 0 radical (unpaired) electrons. The Morgan fingerprint density at radius 1 is 1.35 bits per heavy atom. The topological polar surface area (TPSA) is 86.9 Å². The molecule has 0 amide bonds. The van der Waals surface area contributed by atoms with Crippen LogP contribution in [0.15, 0.2) is 24.3 Å². The normalized spacial score (nSPS) is 20.1. The second-order valence-electron chi connectivity index (χ2n) is 5.20. The lowest BCUT2D eigenvalue weighted by molar-refractivity contribution is 0.404. The SMILES string of the molecule is O=S(=O)(CC1CCCNC1)Nc1nc2ccccc2[nH]1. The molecule has 1 aliphatic heterocycles. The number of para-hydroxylation sites is 2. The molecule has 0 aliphatic carbocycles. The molecule has 6 nitrogen and oxygen atoms in total. The van der Waals surface area contributed by atoms with E-state index in [1.165, 1.54) is 0 Å². The molecular weight excluding hydrogens is 276 g/mol. The predicted molar refractivity (Wildman–Crippen MR) is 79.1 cm³/mol. The minimum absolute atomic E-state index is 0.136. The fraction of sp³-hybridized carbons (Fsp3) is 0.462. The summed E-state index contributed by atoms with van der Waals surface area (Å²) >= 11 is 0. The average molecular weight is 294 g/mol. The highest BCUT2D eigenvalue weighted by Crippen LogP contribution is 2.17. The van der Waals surface area contributed by atoms with Crippen molar-refractivity contribution < 1.29 is 8.42 Å². The Morgan fingerprint density at radius 3 is 2.95 bits per heavy atom. The Bertz CT molecular complexity index is 656. The molecule has 1 unspecified atom stereocenters. The van der Waals surface area contributed by atoms with Crippen LogP contribution in [0.25, 0.3) is 11.0 Å². The lowest BCUT2D eigenvalue weighted by Gasteiger charge is -2.22. The van der Waals surface area contributed by atoms with E-state index in [1.807, 2.05) is 24.3 Å². The third-order valence-electron chi connectivity index (χ3n) is 3.50. The van der Waals surface area contributed by atoms with Gasteiger partial charge in [0.15, 0.2) is 0 Å². The average Bonchev–Trinajstić information content (AvgIpc) is 2.80. The van der Waals surface area contributed by atoms with Gasteiger partial charge >= 0.3 is 0 Å². The highest BCUT2D eigenvalue weighted by molar-refractivity contribution is 7.92. The fourth-order valence-corrected chi connectivity index (χ4v) is 3.95. The minimum atomic E-state index is -3.37. The van der Waals surface area contributed by atoms with Crippen LogP contribution in [-0.2, 0) is 10.0 Å². The number of imidazole rings is 1. The first-order valence-corrected chi connectivity index (χ1v) is 8.43. The van der Waals surface area contributed by atoms with Gasteiger partial charge in [-0.15, -0.1) is 0 Å². The molecule has 1 aromatic carbocycles. The molecule has 0 saturated carbocycles. The Labute approximate surface area is 118 Å². The van der Waals surface area contributed by atoms with E-state index in [0.29, 0.717) is 0 Å². The number of nitrogens with zero attached hydrogens (tertiary/aromatic N) is 1. The second kappa shape index (κ2) is 5.41. The summed E-state index contributed by atoms with van der Waals surface area (Å²) in [5.74, 6) is 0.595. The van der Waals surface area contributed by atoms with Crippen molar-refractivity contribution in [2.75, 3.05) is 23.6 Å². The fourth-order valence-electron chi connectivity index (χ4n) is 2.57. The van der Waals surface area contributed by atoms with Gasteiger partial charge in [0, 0.05) is 0 Å².